The first kappa shape index (κ1) is 16.3. The zero-order valence-corrected chi connectivity index (χ0v) is 10.3. The Morgan fingerprint density at radius 3 is 1.78 bits per heavy atom. The van der Waals surface area contributed by atoms with Crippen molar-refractivity contribution in [3.8, 4) is 0 Å². The van der Waals surface area contributed by atoms with Crippen LogP contribution in [-0.2, 0) is 19.1 Å². The first-order chi connectivity index (χ1) is 8.47. The minimum atomic E-state index is -1.23. The zero-order valence-electron chi connectivity index (χ0n) is 10.3. The van der Waals surface area contributed by atoms with Crippen molar-refractivity contribution in [3.05, 3.63) is 25.3 Å². The van der Waals surface area contributed by atoms with Gasteiger partial charge < -0.3 is 20.3 Å². The van der Waals surface area contributed by atoms with Crippen LogP contribution >= 0.6 is 0 Å². The van der Waals surface area contributed by atoms with Gasteiger partial charge in [0.25, 0.3) is 0 Å². The van der Waals surface area contributed by atoms with E-state index >= 15 is 0 Å². The molecule has 6 nitrogen and oxygen atoms in total. The number of aliphatic hydroxyl groups is 1. The van der Waals surface area contributed by atoms with Gasteiger partial charge in [-0.15, -0.1) is 0 Å². The highest BCUT2D eigenvalue weighted by Crippen LogP contribution is 2.14. The molecular weight excluding hydrogens is 238 g/mol. The summed E-state index contributed by atoms with van der Waals surface area (Å²) in [6.45, 7) is 6.51. The number of rotatable bonds is 9. The van der Waals surface area contributed by atoms with Crippen LogP contribution in [0.1, 0.15) is 12.8 Å². The summed E-state index contributed by atoms with van der Waals surface area (Å²) in [5, 5.41) is 10.0. The van der Waals surface area contributed by atoms with Crippen LogP contribution in [0, 0.1) is 0 Å². The monoisotopic (exact) mass is 257 g/mol. The molecule has 0 spiro atoms. The summed E-state index contributed by atoms with van der Waals surface area (Å²) in [7, 11) is 0. The van der Waals surface area contributed by atoms with E-state index in [0.717, 1.165) is 12.2 Å². The predicted molar refractivity (Wildman–Crippen MR) is 65.6 cm³/mol. The lowest BCUT2D eigenvalue weighted by molar-refractivity contribution is -0.140. The van der Waals surface area contributed by atoms with Crippen LogP contribution in [0.5, 0.6) is 0 Å². The van der Waals surface area contributed by atoms with Crippen LogP contribution in [0.15, 0.2) is 25.3 Å². The first-order valence-electron chi connectivity index (χ1n) is 5.48. The van der Waals surface area contributed by atoms with E-state index in [1.165, 1.54) is 0 Å². The molecule has 0 aromatic carbocycles. The van der Waals surface area contributed by atoms with Gasteiger partial charge in [0.15, 0.2) is 0 Å². The summed E-state index contributed by atoms with van der Waals surface area (Å²) in [6.07, 6.45) is 2.39. The van der Waals surface area contributed by atoms with E-state index < -0.39 is 17.5 Å². The molecule has 0 amide bonds. The molecule has 0 atom stereocenters. The van der Waals surface area contributed by atoms with E-state index in [1.54, 1.807) is 0 Å². The standard InChI is InChI=1S/C12H19NO5/c1-3-10(14)17-7-5-12(16,9-13)6-8-18-11(15)4-2/h3-4,16H,1-2,5-9,13H2. The second-order valence-electron chi connectivity index (χ2n) is 3.67. The number of esters is 2. The molecule has 0 unspecified atom stereocenters. The summed E-state index contributed by atoms with van der Waals surface area (Å²) >= 11 is 0. The Balaban J connectivity index is 4.01. The van der Waals surface area contributed by atoms with E-state index in [4.69, 9.17) is 15.2 Å². The fraction of sp³-hybridized carbons (Fsp3) is 0.500. The highest BCUT2D eigenvalue weighted by atomic mass is 16.5. The molecule has 0 fully saturated rings. The van der Waals surface area contributed by atoms with Gasteiger partial charge in [0, 0.05) is 31.5 Å². The first-order valence-corrected chi connectivity index (χ1v) is 5.48. The molecular formula is C12H19NO5. The second kappa shape index (κ2) is 8.43. The fourth-order valence-electron chi connectivity index (χ4n) is 1.13. The van der Waals surface area contributed by atoms with Gasteiger partial charge in [0.2, 0.25) is 0 Å². The summed E-state index contributed by atoms with van der Waals surface area (Å²) in [4.78, 5) is 21.6. The predicted octanol–water partition coefficient (Wildman–Crippen LogP) is -0.0852. The Morgan fingerprint density at radius 1 is 1.11 bits per heavy atom. The summed E-state index contributed by atoms with van der Waals surface area (Å²) in [6, 6.07) is 0. The number of carbonyl (C=O) groups is 2. The Bertz CT molecular complexity index is 288. The van der Waals surface area contributed by atoms with Crippen molar-refractivity contribution in [2.24, 2.45) is 5.73 Å². The lowest BCUT2D eigenvalue weighted by Crippen LogP contribution is -2.40. The molecule has 18 heavy (non-hydrogen) atoms. The SMILES string of the molecule is C=CC(=O)OCCC(O)(CN)CCOC(=O)C=C. The topological polar surface area (TPSA) is 98.8 Å². The highest BCUT2D eigenvalue weighted by Gasteiger charge is 2.25. The second-order valence-corrected chi connectivity index (χ2v) is 3.67. The van der Waals surface area contributed by atoms with Crippen LogP contribution in [-0.4, -0.2) is 42.4 Å². The van der Waals surface area contributed by atoms with E-state index in [1.807, 2.05) is 0 Å². The summed E-state index contributed by atoms with van der Waals surface area (Å²) < 4.78 is 9.48. The van der Waals surface area contributed by atoms with Gasteiger partial charge in [0.1, 0.15) is 0 Å². The van der Waals surface area contributed by atoms with Crippen molar-refractivity contribution < 1.29 is 24.2 Å². The minimum Gasteiger partial charge on any atom is -0.462 e. The smallest absolute Gasteiger partial charge is 0.330 e. The number of carbonyl (C=O) groups excluding carboxylic acids is 2. The third kappa shape index (κ3) is 6.82. The third-order valence-corrected chi connectivity index (χ3v) is 2.34. The molecule has 0 aromatic heterocycles. The molecule has 6 heteroatoms. The molecule has 0 radical (unpaired) electrons. The van der Waals surface area contributed by atoms with Crippen molar-refractivity contribution in [2.45, 2.75) is 18.4 Å². The van der Waals surface area contributed by atoms with Crippen molar-refractivity contribution in [1.29, 1.82) is 0 Å². The van der Waals surface area contributed by atoms with Gasteiger partial charge >= 0.3 is 11.9 Å². The van der Waals surface area contributed by atoms with Gasteiger partial charge in [-0.3, -0.25) is 0 Å². The molecule has 0 aliphatic heterocycles. The summed E-state index contributed by atoms with van der Waals surface area (Å²) in [5.74, 6) is -1.13. The molecule has 0 saturated carbocycles. The Morgan fingerprint density at radius 2 is 1.50 bits per heavy atom. The maximum Gasteiger partial charge on any atom is 0.330 e. The quantitative estimate of drug-likeness (QED) is 0.442. The van der Waals surface area contributed by atoms with Gasteiger partial charge in [0.05, 0.1) is 18.8 Å². The fourth-order valence-corrected chi connectivity index (χ4v) is 1.13. The molecule has 102 valence electrons. The number of hydrogen-bond acceptors (Lipinski definition) is 6. The van der Waals surface area contributed by atoms with Gasteiger partial charge in [-0.25, -0.2) is 9.59 Å². The molecule has 0 aliphatic rings. The van der Waals surface area contributed by atoms with Gasteiger partial charge in [-0.2, -0.15) is 0 Å². The lowest BCUT2D eigenvalue weighted by atomic mass is 9.97. The van der Waals surface area contributed by atoms with Gasteiger partial charge in [-0.05, 0) is 0 Å². The van der Waals surface area contributed by atoms with Crippen LogP contribution in [0.25, 0.3) is 0 Å². The van der Waals surface area contributed by atoms with Crippen molar-refractivity contribution in [2.75, 3.05) is 19.8 Å². The minimum absolute atomic E-state index is 0.0218. The van der Waals surface area contributed by atoms with E-state index in [-0.39, 0.29) is 32.6 Å². The maximum absolute atomic E-state index is 10.8. The average Bonchev–Trinajstić information content (AvgIpc) is 2.38. The largest absolute Gasteiger partial charge is 0.462 e. The van der Waals surface area contributed by atoms with Crippen LogP contribution < -0.4 is 5.73 Å². The van der Waals surface area contributed by atoms with Crippen molar-refractivity contribution >= 4 is 11.9 Å². The Kier molecular flexibility index (Phi) is 7.66. The molecule has 0 aromatic rings. The Labute approximate surface area is 106 Å². The van der Waals surface area contributed by atoms with E-state index in [2.05, 4.69) is 13.2 Å². The van der Waals surface area contributed by atoms with Crippen molar-refractivity contribution in [3.63, 3.8) is 0 Å². The highest BCUT2D eigenvalue weighted by molar-refractivity contribution is 5.81. The van der Waals surface area contributed by atoms with Crippen LogP contribution in [0.3, 0.4) is 0 Å². The molecule has 0 aliphatic carbocycles. The molecule has 0 rings (SSSR count). The summed E-state index contributed by atoms with van der Waals surface area (Å²) in [5.41, 5.74) is 4.20. The normalized spacial score (nSPS) is 10.6. The zero-order chi connectivity index (χ0) is 14.0. The molecule has 0 heterocycles. The third-order valence-electron chi connectivity index (χ3n) is 2.34. The number of nitrogens with two attached hydrogens (primary N) is 1. The van der Waals surface area contributed by atoms with E-state index in [9.17, 15) is 14.7 Å². The van der Waals surface area contributed by atoms with Crippen molar-refractivity contribution in [1.82, 2.24) is 0 Å². The van der Waals surface area contributed by atoms with Crippen LogP contribution in [0.2, 0.25) is 0 Å². The molecule has 3 N–H and O–H groups in total. The number of ether oxygens (including phenoxy) is 2. The Hall–Kier alpha value is -1.66. The average molecular weight is 257 g/mol. The van der Waals surface area contributed by atoms with Crippen LogP contribution in [0.4, 0.5) is 0 Å². The molecule has 0 bridgehead atoms. The van der Waals surface area contributed by atoms with E-state index in [0.29, 0.717) is 0 Å². The lowest BCUT2D eigenvalue weighted by Gasteiger charge is -2.25. The maximum atomic E-state index is 10.8. The molecule has 0 saturated heterocycles. The number of hydrogen-bond donors (Lipinski definition) is 2. The van der Waals surface area contributed by atoms with Gasteiger partial charge in [-0.1, -0.05) is 13.2 Å².